The largest absolute Gasteiger partial charge is 0.288 e. The molecule has 20 heavy (non-hydrogen) atoms. The topological polar surface area (TPSA) is 20.3 Å². The highest BCUT2D eigenvalue weighted by molar-refractivity contribution is 5.96. The average molecular weight is 263 g/mol. The molecule has 0 aliphatic carbocycles. The van der Waals surface area contributed by atoms with Crippen LogP contribution in [-0.4, -0.2) is 5.91 Å². The molecule has 0 saturated heterocycles. The number of para-hydroxylation sites is 1. The summed E-state index contributed by atoms with van der Waals surface area (Å²) in [5.41, 5.74) is 2.78. The van der Waals surface area contributed by atoms with Crippen molar-refractivity contribution in [2.24, 2.45) is 0 Å². The minimum Gasteiger partial charge on any atom is -0.288 e. The molecule has 0 bridgehead atoms. The number of nitrogens with zero attached hydrogens (tertiary/aromatic N) is 1. The molecule has 0 aliphatic heterocycles. The molecule has 0 N–H and O–H groups in total. The summed E-state index contributed by atoms with van der Waals surface area (Å²) in [7, 11) is 0. The molecular formula is C18H17NO. The zero-order valence-electron chi connectivity index (χ0n) is 11.5. The van der Waals surface area contributed by atoms with Crippen LogP contribution in [0.4, 0.5) is 5.69 Å². The van der Waals surface area contributed by atoms with E-state index in [0.29, 0.717) is 0 Å². The van der Waals surface area contributed by atoms with Crippen LogP contribution in [-0.2, 0) is 4.79 Å². The number of hydrogen-bond acceptors (Lipinski definition) is 1. The van der Waals surface area contributed by atoms with E-state index < -0.39 is 0 Å². The standard InChI is InChI=1S/C18H17NO/c1-3-16(17-10-6-4-7-11-17)14-19(15(2)20)18-12-8-5-9-13-18/h3-14H,1H2,2H3. The Kier molecular flexibility index (Phi) is 4.51. The number of allylic oxidation sites excluding steroid dienone is 2. The Hall–Kier alpha value is -2.61. The lowest BCUT2D eigenvalue weighted by molar-refractivity contribution is -0.115. The lowest BCUT2D eigenvalue weighted by Crippen LogP contribution is -2.22. The summed E-state index contributed by atoms with van der Waals surface area (Å²) in [6.45, 7) is 5.39. The molecule has 0 fully saturated rings. The van der Waals surface area contributed by atoms with E-state index in [2.05, 4.69) is 6.58 Å². The first kappa shape index (κ1) is 13.8. The number of carbonyl (C=O) groups excluding carboxylic acids is 1. The van der Waals surface area contributed by atoms with Crippen molar-refractivity contribution >= 4 is 17.2 Å². The van der Waals surface area contributed by atoms with Gasteiger partial charge < -0.3 is 0 Å². The number of carbonyl (C=O) groups is 1. The molecule has 100 valence electrons. The van der Waals surface area contributed by atoms with Gasteiger partial charge in [-0.15, -0.1) is 0 Å². The van der Waals surface area contributed by atoms with Crippen molar-refractivity contribution in [1.29, 1.82) is 0 Å². The average Bonchev–Trinajstić information content (AvgIpc) is 2.50. The zero-order valence-corrected chi connectivity index (χ0v) is 11.5. The molecule has 2 rings (SSSR count). The van der Waals surface area contributed by atoms with Crippen LogP contribution in [0, 0.1) is 0 Å². The summed E-state index contributed by atoms with van der Waals surface area (Å²) < 4.78 is 0. The number of amides is 1. The van der Waals surface area contributed by atoms with Gasteiger partial charge in [-0.05, 0) is 23.3 Å². The van der Waals surface area contributed by atoms with Crippen LogP contribution >= 0.6 is 0 Å². The fourth-order valence-electron chi connectivity index (χ4n) is 1.95. The van der Waals surface area contributed by atoms with E-state index in [1.54, 1.807) is 17.9 Å². The highest BCUT2D eigenvalue weighted by Gasteiger charge is 2.09. The summed E-state index contributed by atoms with van der Waals surface area (Å²) in [6, 6.07) is 19.5. The van der Waals surface area contributed by atoms with E-state index in [0.717, 1.165) is 16.8 Å². The van der Waals surface area contributed by atoms with Gasteiger partial charge in [0.15, 0.2) is 0 Å². The molecule has 0 aliphatic rings. The molecule has 2 aromatic carbocycles. The maximum absolute atomic E-state index is 11.9. The van der Waals surface area contributed by atoms with Gasteiger partial charge in [-0.3, -0.25) is 9.69 Å². The van der Waals surface area contributed by atoms with E-state index in [-0.39, 0.29) is 5.91 Å². The number of hydrogen-bond donors (Lipinski definition) is 0. The van der Waals surface area contributed by atoms with E-state index in [1.165, 1.54) is 0 Å². The second-order valence-electron chi connectivity index (χ2n) is 4.38. The van der Waals surface area contributed by atoms with Crippen molar-refractivity contribution in [3.8, 4) is 0 Å². The first-order chi connectivity index (χ1) is 9.72. The summed E-state index contributed by atoms with van der Waals surface area (Å²) in [4.78, 5) is 13.5. The van der Waals surface area contributed by atoms with Crippen LogP contribution in [0.3, 0.4) is 0 Å². The monoisotopic (exact) mass is 263 g/mol. The van der Waals surface area contributed by atoms with Gasteiger partial charge in [-0.2, -0.15) is 0 Å². The Morgan fingerprint density at radius 1 is 1.00 bits per heavy atom. The highest BCUT2D eigenvalue weighted by Crippen LogP contribution is 2.20. The summed E-state index contributed by atoms with van der Waals surface area (Å²) in [6.07, 6.45) is 3.58. The molecule has 2 heteroatoms. The molecule has 0 unspecified atom stereocenters. The maximum atomic E-state index is 11.9. The van der Waals surface area contributed by atoms with E-state index in [4.69, 9.17) is 0 Å². The van der Waals surface area contributed by atoms with Gasteiger partial charge in [0.1, 0.15) is 0 Å². The van der Waals surface area contributed by atoms with Crippen molar-refractivity contribution in [3.63, 3.8) is 0 Å². The molecule has 0 radical (unpaired) electrons. The van der Waals surface area contributed by atoms with E-state index in [9.17, 15) is 4.79 Å². The second kappa shape index (κ2) is 6.53. The SMILES string of the molecule is C=CC(=CN(C(C)=O)c1ccccc1)c1ccccc1. The molecule has 0 heterocycles. The Bertz CT molecular complexity index is 614. The highest BCUT2D eigenvalue weighted by atomic mass is 16.2. The predicted octanol–water partition coefficient (Wildman–Crippen LogP) is 4.27. The van der Waals surface area contributed by atoms with Crippen LogP contribution in [0.2, 0.25) is 0 Å². The van der Waals surface area contributed by atoms with Crippen molar-refractivity contribution in [2.75, 3.05) is 4.90 Å². The summed E-state index contributed by atoms with van der Waals surface area (Å²) in [5.74, 6) is -0.0357. The van der Waals surface area contributed by atoms with Crippen LogP contribution in [0.25, 0.3) is 5.57 Å². The fraction of sp³-hybridized carbons (Fsp3) is 0.0556. The third kappa shape index (κ3) is 3.23. The Morgan fingerprint density at radius 2 is 1.55 bits per heavy atom. The van der Waals surface area contributed by atoms with Crippen LogP contribution in [0.15, 0.2) is 79.5 Å². The lowest BCUT2D eigenvalue weighted by atomic mass is 10.1. The molecule has 0 aromatic heterocycles. The molecule has 0 atom stereocenters. The van der Waals surface area contributed by atoms with Crippen molar-refractivity contribution < 1.29 is 4.79 Å². The van der Waals surface area contributed by atoms with Crippen molar-refractivity contribution in [2.45, 2.75) is 6.92 Å². The van der Waals surface area contributed by atoms with Gasteiger partial charge in [0.05, 0.1) is 0 Å². The second-order valence-corrected chi connectivity index (χ2v) is 4.38. The van der Waals surface area contributed by atoms with E-state index in [1.807, 2.05) is 66.9 Å². The summed E-state index contributed by atoms with van der Waals surface area (Å²) in [5, 5.41) is 0. The smallest absolute Gasteiger partial charge is 0.227 e. The number of benzene rings is 2. The van der Waals surface area contributed by atoms with Crippen LogP contribution < -0.4 is 4.90 Å². The zero-order chi connectivity index (χ0) is 14.4. The Morgan fingerprint density at radius 3 is 2.05 bits per heavy atom. The predicted molar refractivity (Wildman–Crippen MR) is 84.2 cm³/mol. The first-order valence-electron chi connectivity index (χ1n) is 6.47. The molecule has 0 spiro atoms. The molecule has 1 amide bonds. The summed E-state index contributed by atoms with van der Waals surface area (Å²) >= 11 is 0. The fourth-order valence-corrected chi connectivity index (χ4v) is 1.95. The van der Waals surface area contributed by atoms with Crippen LogP contribution in [0.5, 0.6) is 0 Å². The maximum Gasteiger partial charge on any atom is 0.227 e. The van der Waals surface area contributed by atoms with Crippen molar-refractivity contribution in [1.82, 2.24) is 0 Å². The van der Waals surface area contributed by atoms with Gasteiger partial charge in [0.25, 0.3) is 0 Å². The van der Waals surface area contributed by atoms with Crippen LogP contribution in [0.1, 0.15) is 12.5 Å². The van der Waals surface area contributed by atoms with Gasteiger partial charge in [0, 0.05) is 18.8 Å². The van der Waals surface area contributed by atoms with Gasteiger partial charge in [-0.1, -0.05) is 61.2 Å². The van der Waals surface area contributed by atoms with Gasteiger partial charge in [0.2, 0.25) is 5.91 Å². The number of anilines is 1. The quantitative estimate of drug-likeness (QED) is 0.754. The third-order valence-electron chi connectivity index (χ3n) is 2.97. The van der Waals surface area contributed by atoms with E-state index >= 15 is 0 Å². The molecule has 0 saturated carbocycles. The minimum atomic E-state index is -0.0357. The molecule has 2 nitrogen and oxygen atoms in total. The Balaban J connectivity index is 2.42. The normalized spacial score (nSPS) is 10.9. The molecule has 2 aromatic rings. The van der Waals surface area contributed by atoms with Gasteiger partial charge >= 0.3 is 0 Å². The Labute approximate surface area is 119 Å². The molecular weight excluding hydrogens is 246 g/mol. The minimum absolute atomic E-state index is 0.0357. The van der Waals surface area contributed by atoms with Gasteiger partial charge in [-0.25, -0.2) is 0 Å². The number of rotatable bonds is 4. The third-order valence-corrected chi connectivity index (χ3v) is 2.97. The lowest BCUT2D eigenvalue weighted by Gasteiger charge is -2.18. The van der Waals surface area contributed by atoms with Crippen molar-refractivity contribution in [3.05, 3.63) is 85.1 Å². The first-order valence-corrected chi connectivity index (χ1v) is 6.47.